The van der Waals surface area contributed by atoms with Gasteiger partial charge in [0.25, 0.3) is 0 Å². The van der Waals surface area contributed by atoms with Gasteiger partial charge >= 0.3 is 0 Å². The normalized spacial score (nSPS) is 12.8. The van der Waals surface area contributed by atoms with Gasteiger partial charge in [0.15, 0.2) is 0 Å². The predicted molar refractivity (Wildman–Crippen MR) is 90.8 cm³/mol. The van der Waals surface area contributed by atoms with Crippen molar-refractivity contribution in [1.82, 2.24) is 0 Å². The third-order valence-corrected chi connectivity index (χ3v) is 3.75. The molecule has 0 aliphatic rings. The molecule has 2 N–H and O–H groups in total. The van der Waals surface area contributed by atoms with E-state index in [9.17, 15) is 0 Å². The van der Waals surface area contributed by atoms with Crippen LogP contribution in [0.4, 0.5) is 5.69 Å². The highest BCUT2D eigenvalue weighted by Crippen LogP contribution is 2.27. The SMILES string of the molecule is CCCCCN(c1ccc(Cl)cc1CC(C)N)C(C)C. The fourth-order valence-electron chi connectivity index (χ4n) is 2.53. The summed E-state index contributed by atoms with van der Waals surface area (Å²) in [6, 6.07) is 6.83. The molecule has 0 amide bonds. The van der Waals surface area contributed by atoms with Crippen LogP contribution < -0.4 is 10.6 Å². The first kappa shape index (κ1) is 17.3. The third-order valence-electron chi connectivity index (χ3n) is 3.52. The molecule has 1 unspecified atom stereocenters. The van der Waals surface area contributed by atoms with Crippen LogP contribution in [0.5, 0.6) is 0 Å². The fourth-order valence-corrected chi connectivity index (χ4v) is 2.73. The average molecular weight is 297 g/mol. The van der Waals surface area contributed by atoms with E-state index in [4.69, 9.17) is 17.3 Å². The number of hydrogen-bond acceptors (Lipinski definition) is 2. The Morgan fingerprint density at radius 2 is 1.90 bits per heavy atom. The Balaban J connectivity index is 2.98. The predicted octanol–water partition coefficient (Wildman–Crippen LogP) is 4.63. The molecule has 1 atom stereocenters. The minimum atomic E-state index is 0.150. The van der Waals surface area contributed by atoms with Crippen molar-refractivity contribution < 1.29 is 0 Å². The van der Waals surface area contributed by atoms with Crippen LogP contribution >= 0.6 is 11.6 Å². The molecule has 0 bridgehead atoms. The van der Waals surface area contributed by atoms with Crippen LogP contribution in [0.25, 0.3) is 0 Å². The summed E-state index contributed by atoms with van der Waals surface area (Å²) >= 11 is 6.15. The second-order valence-corrected chi connectivity index (χ2v) is 6.39. The fraction of sp³-hybridized carbons (Fsp3) is 0.647. The summed E-state index contributed by atoms with van der Waals surface area (Å²) in [6.07, 6.45) is 4.63. The maximum Gasteiger partial charge on any atom is 0.0410 e. The number of halogens is 1. The molecule has 0 spiro atoms. The maximum absolute atomic E-state index is 6.15. The molecule has 1 aromatic carbocycles. The molecule has 0 heterocycles. The van der Waals surface area contributed by atoms with E-state index in [1.807, 2.05) is 13.0 Å². The van der Waals surface area contributed by atoms with Gasteiger partial charge in [-0.05, 0) is 57.4 Å². The Morgan fingerprint density at radius 3 is 2.45 bits per heavy atom. The molecule has 0 saturated heterocycles. The first-order valence-electron chi connectivity index (χ1n) is 7.76. The van der Waals surface area contributed by atoms with Crippen LogP contribution in [0, 0.1) is 0 Å². The highest BCUT2D eigenvalue weighted by molar-refractivity contribution is 6.30. The zero-order valence-corrected chi connectivity index (χ0v) is 14.1. The Hall–Kier alpha value is -0.730. The van der Waals surface area contributed by atoms with Gasteiger partial charge in [-0.2, -0.15) is 0 Å². The molecule has 0 saturated carbocycles. The van der Waals surface area contributed by atoms with Gasteiger partial charge in [0, 0.05) is 29.3 Å². The van der Waals surface area contributed by atoms with Crippen molar-refractivity contribution in [2.45, 2.75) is 65.5 Å². The van der Waals surface area contributed by atoms with E-state index in [0.29, 0.717) is 6.04 Å². The summed E-state index contributed by atoms with van der Waals surface area (Å²) in [4.78, 5) is 2.48. The summed E-state index contributed by atoms with van der Waals surface area (Å²) in [6.45, 7) is 9.87. The number of anilines is 1. The van der Waals surface area contributed by atoms with Crippen molar-refractivity contribution in [3.05, 3.63) is 28.8 Å². The Morgan fingerprint density at radius 1 is 1.20 bits per heavy atom. The first-order valence-corrected chi connectivity index (χ1v) is 8.14. The van der Waals surface area contributed by atoms with Gasteiger partial charge in [0.1, 0.15) is 0 Å². The summed E-state index contributed by atoms with van der Waals surface area (Å²) < 4.78 is 0. The van der Waals surface area contributed by atoms with Gasteiger partial charge in [-0.25, -0.2) is 0 Å². The van der Waals surface area contributed by atoms with E-state index in [1.165, 1.54) is 30.5 Å². The van der Waals surface area contributed by atoms with Crippen molar-refractivity contribution >= 4 is 17.3 Å². The molecule has 0 aromatic heterocycles. The topological polar surface area (TPSA) is 29.3 Å². The maximum atomic E-state index is 6.15. The lowest BCUT2D eigenvalue weighted by atomic mass is 10.0. The van der Waals surface area contributed by atoms with Crippen LogP contribution in [0.2, 0.25) is 5.02 Å². The van der Waals surface area contributed by atoms with E-state index >= 15 is 0 Å². The second-order valence-electron chi connectivity index (χ2n) is 5.95. The van der Waals surface area contributed by atoms with Crippen LogP contribution in [-0.4, -0.2) is 18.6 Å². The molecule has 114 valence electrons. The Labute approximate surface area is 129 Å². The lowest BCUT2D eigenvalue weighted by molar-refractivity contribution is 0.621. The standard InChI is InChI=1S/C17H29ClN2/c1-5-6-7-10-20(13(2)3)17-9-8-16(18)12-15(17)11-14(4)19/h8-9,12-14H,5-7,10-11,19H2,1-4H3. The van der Waals surface area contributed by atoms with E-state index in [-0.39, 0.29) is 6.04 Å². The Kier molecular flexibility index (Phi) is 7.39. The minimum absolute atomic E-state index is 0.150. The van der Waals surface area contributed by atoms with Gasteiger partial charge in [-0.15, -0.1) is 0 Å². The molecule has 1 aromatic rings. The van der Waals surface area contributed by atoms with Crippen LogP contribution in [0.1, 0.15) is 52.5 Å². The van der Waals surface area contributed by atoms with Crippen molar-refractivity contribution in [3.8, 4) is 0 Å². The van der Waals surface area contributed by atoms with Crippen molar-refractivity contribution in [3.63, 3.8) is 0 Å². The third kappa shape index (κ3) is 5.34. The molecule has 1 rings (SSSR count). The number of rotatable bonds is 8. The van der Waals surface area contributed by atoms with E-state index in [1.54, 1.807) is 0 Å². The average Bonchev–Trinajstić information content (AvgIpc) is 2.35. The van der Waals surface area contributed by atoms with Crippen LogP contribution in [0.15, 0.2) is 18.2 Å². The number of unbranched alkanes of at least 4 members (excludes halogenated alkanes) is 2. The van der Waals surface area contributed by atoms with Gasteiger partial charge in [-0.1, -0.05) is 31.4 Å². The quantitative estimate of drug-likeness (QED) is 0.708. The van der Waals surface area contributed by atoms with Gasteiger partial charge < -0.3 is 10.6 Å². The zero-order chi connectivity index (χ0) is 15.1. The zero-order valence-electron chi connectivity index (χ0n) is 13.3. The highest BCUT2D eigenvalue weighted by Gasteiger charge is 2.15. The summed E-state index contributed by atoms with van der Waals surface area (Å²) in [7, 11) is 0. The lowest BCUT2D eigenvalue weighted by Gasteiger charge is -2.31. The number of nitrogens with two attached hydrogens (primary N) is 1. The first-order chi connectivity index (χ1) is 9.45. The number of nitrogens with zero attached hydrogens (tertiary/aromatic N) is 1. The molecular formula is C17H29ClN2. The Bertz CT molecular complexity index is 402. The van der Waals surface area contributed by atoms with Crippen LogP contribution in [0.3, 0.4) is 0 Å². The molecule has 0 aliphatic heterocycles. The smallest absolute Gasteiger partial charge is 0.0410 e. The largest absolute Gasteiger partial charge is 0.369 e. The van der Waals surface area contributed by atoms with Gasteiger partial charge in [0.05, 0.1) is 0 Å². The molecular weight excluding hydrogens is 268 g/mol. The molecule has 0 fully saturated rings. The molecule has 0 radical (unpaired) electrons. The van der Waals surface area contributed by atoms with E-state index in [0.717, 1.165) is 18.0 Å². The number of hydrogen-bond donors (Lipinski definition) is 1. The van der Waals surface area contributed by atoms with Crippen LogP contribution in [-0.2, 0) is 6.42 Å². The summed E-state index contributed by atoms with van der Waals surface area (Å²) in [5.74, 6) is 0. The monoisotopic (exact) mass is 296 g/mol. The van der Waals surface area contributed by atoms with Crippen molar-refractivity contribution in [2.75, 3.05) is 11.4 Å². The summed E-state index contributed by atoms with van der Waals surface area (Å²) in [5.41, 5.74) is 8.53. The minimum Gasteiger partial charge on any atom is -0.369 e. The van der Waals surface area contributed by atoms with E-state index < -0.39 is 0 Å². The van der Waals surface area contributed by atoms with E-state index in [2.05, 4.69) is 37.8 Å². The number of benzene rings is 1. The summed E-state index contributed by atoms with van der Waals surface area (Å²) in [5, 5.41) is 0.793. The van der Waals surface area contributed by atoms with Crippen molar-refractivity contribution in [1.29, 1.82) is 0 Å². The van der Waals surface area contributed by atoms with Gasteiger partial charge in [-0.3, -0.25) is 0 Å². The molecule has 0 aliphatic carbocycles. The van der Waals surface area contributed by atoms with Crippen molar-refractivity contribution in [2.24, 2.45) is 5.73 Å². The second kappa shape index (κ2) is 8.53. The van der Waals surface area contributed by atoms with Gasteiger partial charge in [0.2, 0.25) is 0 Å². The lowest BCUT2D eigenvalue weighted by Crippen LogP contribution is -2.33. The molecule has 2 nitrogen and oxygen atoms in total. The highest BCUT2D eigenvalue weighted by atomic mass is 35.5. The molecule has 20 heavy (non-hydrogen) atoms. The molecule has 3 heteroatoms.